The van der Waals surface area contributed by atoms with Crippen LogP contribution in [-0.2, 0) is 0 Å². The van der Waals surface area contributed by atoms with Gasteiger partial charge in [-0.2, -0.15) is 0 Å². The van der Waals surface area contributed by atoms with Gasteiger partial charge in [-0.05, 0) is 30.9 Å². The van der Waals surface area contributed by atoms with Crippen molar-refractivity contribution in [3.63, 3.8) is 0 Å². The van der Waals surface area contributed by atoms with Crippen LogP contribution in [0, 0.1) is 23.0 Å². The molecule has 0 aliphatic heterocycles. The van der Waals surface area contributed by atoms with Crippen LogP contribution in [0.15, 0.2) is 18.2 Å². The number of nitro benzene ring substituents is 1. The molecule has 0 radical (unpaired) electrons. The molecule has 4 heteroatoms. The molecule has 0 fully saturated rings. The van der Waals surface area contributed by atoms with Crippen molar-refractivity contribution in [2.75, 3.05) is 11.9 Å². The Labute approximate surface area is 95.8 Å². The van der Waals surface area contributed by atoms with E-state index in [9.17, 15) is 10.1 Å². The Morgan fingerprint density at radius 1 is 1.44 bits per heavy atom. The number of hydrogen-bond acceptors (Lipinski definition) is 3. The molecule has 0 amide bonds. The summed E-state index contributed by atoms with van der Waals surface area (Å²) < 4.78 is 0. The second kappa shape index (κ2) is 5.49. The quantitative estimate of drug-likeness (QED) is 0.614. The van der Waals surface area contributed by atoms with Crippen molar-refractivity contribution in [3.8, 4) is 0 Å². The van der Waals surface area contributed by atoms with Crippen LogP contribution in [0.2, 0.25) is 0 Å². The van der Waals surface area contributed by atoms with E-state index in [-0.39, 0.29) is 10.6 Å². The third-order valence-electron chi connectivity index (χ3n) is 2.46. The zero-order chi connectivity index (χ0) is 12.1. The maximum Gasteiger partial charge on any atom is 0.269 e. The topological polar surface area (TPSA) is 55.2 Å². The Bertz CT molecular complexity index is 375. The molecule has 0 aromatic heterocycles. The number of nitrogens with one attached hydrogen (secondary N) is 1. The molecule has 1 N–H and O–H groups in total. The summed E-state index contributed by atoms with van der Waals surface area (Å²) in [5.74, 6) is 0.658. The van der Waals surface area contributed by atoms with Gasteiger partial charge in [0.15, 0.2) is 0 Å². The molecule has 16 heavy (non-hydrogen) atoms. The normalized spacial score (nSPS) is 10.5. The molecule has 0 bridgehead atoms. The fraction of sp³-hybridized carbons (Fsp3) is 0.500. The maximum atomic E-state index is 10.6. The van der Waals surface area contributed by atoms with Crippen molar-refractivity contribution >= 4 is 11.4 Å². The van der Waals surface area contributed by atoms with Crippen LogP contribution in [-0.4, -0.2) is 11.5 Å². The minimum Gasteiger partial charge on any atom is -0.385 e. The lowest BCUT2D eigenvalue weighted by Crippen LogP contribution is -2.06. The van der Waals surface area contributed by atoms with Gasteiger partial charge in [-0.25, -0.2) is 0 Å². The number of aryl methyl sites for hydroxylation is 1. The minimum absolute atomic E-state index is 0.145. The first-order valence-electron chi connectivity index (χ1n) is 5.49. The average Bonchev–Trinajstić information content (AvgIpc) is 2.19. The van der Waals surface area contributed by atoms with Gasteiger partial charge in [0.1, 0.15) is 0 Å². The number of nitrogens with zero attached hydrogens (tertiary/aromatic N) is 1. The Hall–Kier alpha value is -1.58. The maximum absolute atomic E-state index is 10.6. The third kappa shape index (κ3) is 3.53. The van der Waals surface area contributed by atoms with Crippen LogP contribution >= 0.6 is 0 Å². The van der Waals surface area contributed by atoms with Crippen molar-refractivity contribution in [2.24, 2.45) is 5.92 Å². The second-order valence-electron chi connectivity index (χ2n) is 4.37. The molecule has 0 atom stereocenters. The van der Waals surface area contributed by atoms with Crippen molar-refractivity contribution < 1.29 is 4.92 Å². The average molecular weight is 222 g/mol. The summed E-state index contributed by atoms with van der Waals surface area (Å²) >= 11 is 0. The lowest BCUT2D eigenvalue weighted by atomic mass is 10.1. The van der Waals surface area contributed by atoms with Gasteiger partial charge < -0.3 is 5.32 Å². The summed E-state index contributed by atoms with van der Waals surface area (Å²) in [7, 11) is 0. The van der Waals surface area contributed by atoms with Gasteiger partial charge in [-0.15, -0.1) is 0 Å². The van der Waals surface area contributed by atoms with Gasteiger partial charge in [-0.1, -0.05) is 13.8 Å². The zero-order valence-electron chi connectivity index (χ0n) is 9.99. The number of nitro groups is 1. The van der Waals surface area contributed by atoms with E-state index in [0.29, 0.717) is 5.92 Å². The van der Waals surface area contributed by atoms with E-state index in [0.717, 1.165) is 24.2 Å². The van der Waals surface area contributed by atoms with Crippen LogP contribution in [0.3, 0.4) is 0 Å². The molecule has 0 heterocycles. The Morgan fingerprint density at radius 2 is 2.12 bits per heavy atom. The highest BCUT2D eigenvalue weighted by Gasteiger charge is 2.07. The molecule has 0 aliphatic carbocycles. The van der Waals surface area contributed by atoms with E-state index in [4.69, 9.17) is 0 Å². The first-order chi connectivity index (χ1) is 7.50. The van der Waals surface area contributed by atoms with Crippen LogP contribution in [0.1, 0.15) is 25.8 Å². The number of non-ortho nitro benzene ring substituents is 1. The van der Waals surface area contributed by atoms with Gasteiger partial charge in [0, 0.05) is 24.4 Å². The largest absolute Gasteiger partial charge is 0.385 e. The van der Waals surface area contributed by atoms with Gasteiger partial charge in [0.25, 0.3) is 5.69 Å². The fourth-order valence-electron chi connectivity index (χ4n) is 1.46. The van der Waals surface area contributed by atoms with Crippen molar-refractivity contribution in [3.05, 3.63) is 33.9 Å². The number of benzene rings is 1. The van der Waals surface area contributed by atoms with E-state index in [1.54, 1.807) is 12.1 Å². The summed E-state index contributed by atoms with van der Waals surface area (Å²) in [4.78, 5) is 10.2. The lowest BCUT2D eigenvalue weighted by molar-refractivity contribution is -0.384. The summed E-state index contributed by atoms with van der Waals surface area (Å²) in [6.45, 7) is 7.12. The molecule has 1 aromatic carbocycles. The first-order valence-corrected chi connectivity index (χ1v) is 5.49. The highest BCUT2D eigenvalue weighted by molar-refractivity contribution is 5.55. The smallest absolute Gasteiger partial charge is 0.269 e. The SMILES string of the molecule is Cc1cc([N+](=O)[O-])ccc1NCCC(C)C. The Morgan fingerprint density at radius 3 is 2.62 bits per heavy atom. The van der Waals surface area contributed by atoms with Crippen LogP contribution in [0.5, 0.6) is 0 Å². The summed E-state index contributed by atoms with van der Waals surface area (Å²) in [5.41, 5.74) is 2.04. The van der Waals surface area contributed by atoms with Gasteiger partial charge in [0.2, 0.25) is 0 Å². The van der Waals surface area contributed by atoms with Crippen molar-refractivity contribution in [2.45, 2.75) is 27.2 Å². The van der Waals surface area contributed by atoms with Crippen LogP contribution < -0.4 is 5.32 Å². The molecule has 88 valence electrons. The fourth-order valence-corrected chi connectivity index (χ4v) is 1.46. The van der Waals surface area contributed by atoms with Crippen LogP contribution in [0.4, 0.5) is 11.4 Å². The molecule has 4 nitrogen and oxygen atoms in total. The minimum atomic E-state index is -0.370. The van der Waals surface area contributed by atoms with E-state index in [1.807, 2.05) is 6.92 Å². The highest BCUT2D eigenvalue weighted by atomic mass is 16.6. The molecule has 1 rings (SSSR count). The standard InChI is InChI=1S/C12H18N2O2/c1-9(2)6-7-13-12-5-4-11(14(15)16)8-10(12)3/h4-5,8-9,13H,6-7H2,1-3H3. The zero-order valence-corrected chi connectivity index (χ0v) is 9.99. The van der Waals surface area contributed by atoms with E-state index in [2.05, 4.69) is 19.2 Å². The lowest BCUT2D eigenvalue weighted by Gasteiger charge is -2.10. The van der Waals surface area contributed by atoms with E-state index in [1.165, 1.54) is 6.07 Å². The molecule has 1 aromatic rings. The van der Waals surface area contributed by atoms with Crippen molar-refractivity contribution in [1.29, 1.82) is 0 Å². The molecular formula is C12H18N2O2. The monoisotopic (exact) mass is 222 g/mol. The van der Waals surface area contributed by atoms with E-state index < -0.39 is 0 Å². The van der Waals surface area contributed by atoms with Crippen LogP contribution in [0.25, 0.3) is 0 Å². The first kappa shape index (κ1) is 12.5. The molecular weight excluding hydrogens is 204 g/mol. The second-order valence-corrected chi connectivity index (χ2v) is 4.37. The predicted octanol–water partition coefficient (Wildman–Crippen LogP) is 3.36. The molecule has 0 unspecified atom stereocenters. The third-order valence-corrected chi connectivity index (χ3v) is 2.46. The summed E-state index contributed by atoms with van der Waals surface area (Å²) in [6.07, 6.45) is 1.09. The summed E-state index contributed by atoms with van der Waals surface area (Å²) in [5, 5.41) is 13.8. The predicted molar refractivity (Wildman–Crippen MR) is 65.8 cm³/mol. The molecule has 0 aliphatic rings. The van der Waals surface area contributed by atoms with Gasteiger partial charge in [-0.3, -0.25) is 10.1 Å². The number of hydrogen-bond donors (Lipinski definition) is 1. The summed E-state index contributed by atoms with van der Waals surface area (Å²) in [6, 6.07) is 4.90. The molecule has 0 saturated heterocycles. The highest BCUT2D eigenvalue weighted by Crippen LogP contribution is 2.21. The molecule has 0 spiro atoms. The van der Waals surface area contributed by atoms with Gasteiger partial charge >= 0.3 is 0 Å². The van der Waals surface area contributed by atoms with E-state index >= 15 is 0 Å². The number of rotatable bonds is 5. The van der Waals surface area contributed by atoms with Crippen molar-refractivity contribution in [1.82, 2.24) is 0 Å². The number of anilines is 1. The van der Waals surface area contributed by atoms with Gasteiger partial charge in [0.05, 0.1) is 4.92 Å². The Kier molecular flexibility index (Phi) is 4.28. The molecule has 0 saturated carbocycles. The Balaban J connectivity index is 2.64.